The number of aryl methyl sites for hydroxylation is 1. The number of fused-ring (bicyclic) bond motifs is 1. The number of esters is 1. The van der Waals surface area contributed by atoms with Gasteiger partial charge < -0.3 is 19.7 Å². The minimum Gasteiger partial charge on any atom is -0.492 e. The zero-order chi connectivity index (χ0) is 30.8. The van der Waals surface area contributed by atoms with Crippen LogP contribution in [-0.4, -0.2) is 62.4 Å². The van der Waals surface area contributed by atoms with Crippen LogP contribution in [0.4, 0.5) is 5.82 Å². The van der Waals surface area contributed by atoms with Crippen molar-refractivity contribution in [3.05, 3.63) is 60.6 Å². The van der Waals surface area contributed by atoms with Crippen molar-refractivity contribution in [3.63, 3.8) is 0 Å². The minimum atomic E-state index is -0.485. The number of likely N-dealkylation sites (N-methyl/N-ethyl adjacent to an activating group) is 1. The Bertz CT molecular complexity index is 1500. The summed E-state index contributed by atoms with van der Waals surface area (Å²) in [7, 11) is 1.98. The Hall–Kier alpha value is -4.54. The lowest BCUT2D eigenvalue weighted by Gasteiger charge is -2.20. The van der Waals surface area contributed by atoms with Crippen LogP contribution in [-0.2, 0) is 27.4 Å². The van der Waals surface area contributed by atoms with E-state index >= 15 is 0 Å². The van der Waals surface area contributed by atoms with E-state index in [0.717, 1.165) is 33.7 Å². The van der Waals surface area contributed by atoms with Crippen LogP contribution in [0.15, 0.2) is 55.0 Å². The maximum Gasteiger partial charge on any atom is 0.306 e. The van der Waals surface area contributed by atoms with Crippen molar-refractivity contribution in [2.24, 2.45) is 0 Å². The van der Waals surface area contributed by atoms with Gasteiger partial charge in [0.1, 0.15) is 23.8 Å². The van der Waals surface area contributed by atoms with Crippen LogP contribution in [0.5, 0.6) is 5.75 Å². The maximum absolute atomic E-state index is 12.2. The van der Waals surface area contributed by atoms with Crippen LogP contribution < -0.4 is 15.0 Å². The van der Waals surface area contributed by atoms with Crippen molar-refractivity contribution in [2.75, 3.05) is 25.1 Å². The number of amides is 1. The molecule has 0 saturated carbocycles. The summed E-state index contributed by atoms with van der Waals surface area (Å²) in [4.78, 5) is 39.9. The topological polar surface area (TPSA) is 124 Å². The van der Waals surface area contributed by atoms with Gasteiger partial charge in [-0.15, -0.1) is 0 Å². The second-order valence-corrected chi connectivity index (χ2v) is 11.3. The summed E-state index contributed by atoms with van der Waals surface area (Å²) in [6.07, 6.45) is 7.24. The number of carbonyl (C=O) groups is 2. The van der Waals surface area contributed by atoms with E-state index in [0.29, 0.717) is 57.7 Å². The summed E-state index contributed by atoms with van der Waals surface area (Å²) >= 11 is 0. The molecule has 0 atom stereocenters. The van der Waals surface area contributed by atoms with Crippen LogP contribution in [0.25, 0.3) is 22.4 Å². The Morgan fingerprint density at radius 3 is 2.49 bits per heavy atom. The normalized spacial score (nSPS) is 11.4. The molecule has 3 aromatic heterocycles. The molecule has 11 nitrogen and oxygen atoms in total. The molecule has 0 radical (unpaired) electrons. The van der Waals surface area contributed by atoms with E-state index in [1.165, 1.54) is 0 Å². The third-order valence-electron chi connectivity index (χ3n) is 6.62. The van der Waals surface area contributed by atoms with Gasteiger partial charge in [-0.1, -0.05) is 12.1 Å². The molecule has 0 bridgehead atoms. The van der Waals surface area contributed by atoms with Crippen molar-refractivity contribution in [1.29, 1.82) is 0 Å². The zero-order valence-corrected chi connectivity index (χ0v) is 25.7. The van der Waals surface area contributed by atoms with Crippen LogP contribution in [0, 0.1) is 0 Å². The summed E-state index contributed by atoms with van der Waals surface area (Å²) in [5, 5.41) is 8.30. The van der Waals surface area contributed by atoms with Gasteiger partial charge in [-0.25, -0.2) is 14.6 Å². The second-order valence-electron chi connectivity index (χ2n) is 11.3. The number of unbranched alkanes of at least 4 members (excludes halogenated alkanes) is 1. The SMILES string of the molecule is CCn1ncc2c(N(C)CCOc3ccc(CNC(=O)CCCCC(=O)OC(C)(C)C)cc3)nc(-c3cccnc3)nc21. The van der Waals surface area contributed by atoms with Gasteiger partial charge in [0.05, 0.1) is 18.1 Å². The fourth-order valence-corrected chi connectivity index (χ4v) is 4.43. The third kappa shape index (κ3) is 9.22. The summed E-state index contributed by atoms with van der Waals surface area (Å²) in [6, 6.07) is 11.5. The molecule has 11 heteroatoms. The van der Waals surface area contributed by atoms with E-state index < -0.39 is 5.60 Å². The molecule has 0 aliphatic rings. The predicted molar refractivity (Wildman–Crippen MR) is 166 cm³/mol. The number of anilines is 1. The van der Waals surface area contributed by atoms with E-state index in [1.54, 1.807) is 18.6 Å². The number of hydrogen-bond acceptors (Lipinski definition) is 9. The van der Waals surface area contributed by atoms with Crippen molar-refractivity contribution >= 4 is 28.7 Å². The highest BCUT2D eigenvalue weighted by Gasteiger charge is 2.17. The molecular formula is C32H41N7O4. The highest BCUT2D eigenvalue weighted by molar-refractivity contribution is 5.88. The average Bonchev–Trinajstić information content (AvgIpc) is 3.41. The highest BCUT2D eigenvalue weighted by Crippen LogP contribution is 2.27. The summed E-state index contributed by atoms with van der Waals surface area (Å²) in [6.45, 7) is 9.75. The molecule has 0 saturated heterocycles. The van der Waals surface area contributed by atoms with E-state index in [1.807, 2.05) is 80.7 Å². The van der Waals surface area contributed by atoms with Crippen molar-refractivity contribution in [2.45, 2.75) is 72.1 Å². The average molecular weight is 588 g/mol. The van der Waals surface area contributed by atoms with Gasteiger partial charge in [0.2, 0.25) is 5.91 Å². The van der Waals surface area contributed by atoms with Crippen LogP contribution in [0.2, 0.25) is 0 Å². The molecule has 1 aromatic carbocycles. The molecule has 1 N–H and O–H groups in total. The number of aromatic nitrogens is 5. The molecule has 0 aliphatic heterocycles. The Morgan fingerprint density at radius 1 is 1.02 bits per heavy atom. The maximum atomic E-state index is 12.2. The molecule has 3 heterocycles. The van der Waals surface area contributed by atoms with Gasteiger partial charge in [-0.3, -0.25) is 14.6 Å². The molecule has 1 amide bonds. The number of hydrogen-bond donors (Lipinski definition) is 1. The number of rotatable bonds is 14. The Kier molecular flexibility index (Phi) is 10.6. The lowest BCUT2D eigenvalue weighted by atomic mass is 10.1. The van der Waals surface area contributed by atoms with E-state index in [-0.39, 0.29) is 11.9 Å². The van der Waals surface area contributed by atoms with Crippen LogP contribution in [0.1, 0.15) is 58.9 Å². The number of nitrogens with zero attached hydrogens (tertiary/aromatic N) is 6. The van der Waals surface area contributed by atoms with Gasteiger partial charge in [0, 0.05) is 50.9 Å². The third-order valence-corrected chi connectivity index (χ3v) is 6.62. The van der Waals surface area contributed by atoms with E-state index in [4.69, 9.17) is 19.4 Å². The van der Waals surface area contributed by atoms with Gasteiger partial charge in [0.25, 0.3) is 0 Å². The summed E-state index contributed by atoms with van der Waals surface area (Å²) < 4.78 is 13.2. The Balaban J connectivity index is 1.24. The summed E-state index contributed by atoms with van der Waals surface area (Å²) in [5.41, 5.74) is 2.11. The summed E-state index contributed by atoms with van der Waals surface area (Å²) in [5.74, 6) is 1.85. The lowest BCUT2D eigenvalue weighted by Crippen LogP contribution is -2.25. The van der Waals surface area contributed by atoms with Gasteiger partial charge in [-0.2, -0.15) is 5.10 Å². The molecule has 0 unspecified atom stereocenters. The molecule has 0 spiro atoms. The largest absolute Gasteiger partial charge is 0.492 e. The molecule has 0 aliphatic carbocycles. The standard InChI is InChI=1S/C32H41N7O4/c1-6-39-31-26(22-35-39)30(36-29(37-31)24-10-9-17-33-21-24)38(5)18-19-42-25-15-13-23(14-16-25)20-34-27(40)11-7-8-12-28(41)43-32(2,3)4/h9-10,13-17,21-22H,6-8,11-12,18-20H2,1-5H3,(H,34,40). The van der Waals surface area contributed by atoms with Crippen molar-refractivity contribution < 1.29 is 19.1 Å². The highest BCUT2D eigenvalue weighted by atomic mass is 16.6. The number of ether oxygens (including phenoxy) is 2. The number of pyridine rings is 1. The monoisotopic (exact) mass is 587 g/mol. The zero-order valence-electron chi connectivity index (χ0n) is 25.7. The predicted octanol–water partition coefficient (Wildman–Crippen LogP) is 4.94. The number of benzene rings is 1. The first-order chi connectivity index (χ1) is 20.6. The minimum absolute atomic E-state index is 0.0393. The van der Waals surface area contributed by atoms with Gasteiger partial charge in [0.15, 0.2) is 11.5 Å². The van der Waals surface area contributed by atoms with E-state index in [9.17, 15) is 9.59 Å². The fraction of sp³-hybridized carbons (Fsp3) is 0.438. The smallest absolute Gasteiger partial charge is 0.306 e. The van der Waals surface area contributed by atoms with Gasteiger partial charge >= 0.3 is 5.97 Å². The number of nitrogens with one attached hydrogen (secondary N) is 1. The van der Waals surface area contributed by atoms with Crippen LogP contribution >= 0.6 is 0 Å². The molecule has 228 valence electrons. The fourth-order valence-electron chi connectivity index (χ4n) is 4.43. The number of carbonyl (C=O) groups excluding carboxylic acids is 2. The molecule has 4 rings (SSSR count). The first-order valence-electron chi connectivity index (χ1n) is 14.7. The molecular weight excluding hydrogens is 546 g/mol. The second kappa shape index (κ2) is 14.6. The van der Waals surface area contributed by atoms with Crippen LogP contribution in [0.3, 0.4) is 0 Å². The molecule has 43 heavy (non-hydrogen) atoms. The first kappa shape index (κ1) is 31.4. The first-order valence-corrected chi connectivity index (χ1v) is 14.7. The van der Waals surface area contributed by atoms with E-state index in [2.05, 4.69) is 15.4 Å². The Labute approximate surface area is 252 Å². The lowest BCUT2D eigenvalue weighted by molar-refractivity contribution is -0.155. The quantitative estimate of drug-likeness (QED) is 0.161. The van der Waals surface area contributed by atoms with Crippen molar-refractivity contribution in [3.8, 4) is 17.1 Å². The van der Waals surface area contributed by atoms with Crippen molar-refractivity contribution in [1.82, 2.24) is 30.0 Å². The molecule has 4 aromatic rings. The molecule has 0 fully saturated rings. The Morgan fingerprint density at radius 2 is 1.79 bits per heavy atom. The van der Waals surface area contributed by atoms with Gasteiger partial charge in [-0.05, 0) is 70.4 Å².